The summed E-state index contributed by atoms with van der Waals surface area (Å²) in [5.74, 6) is -0.662. The van der Waals surface area contributed by atoms with Crippen molar-refractivity contribution in [3.05, 3.63) is 72.9 Å². The van der Waals surface area contributed by atoms with Crippen LogP contribution in [-0.4, -0.2) is 98.3 Å². The number of pyridine rings is 1. The number of anilines is 2. The van der Waals surface area contributed by atoms with Crippen molar-refractivity contribution in [2.45, 2.75) is 25.7 Å². The van der Waals surface area contributed by atoms with Crippen LogP contribution in [0.25, 0.3) is 21.8 Å². The fourth-order valence-electron chi connectivity index (χ4n) is 5.41. The van der Waals surface area contributed by atoms with Gasteiger partial charge >= 0.3 is 0 Å². The minimum atomic E-state index is -0.535. The quantitative estimate of drug-likeness (QED) is 0.120. The summed E-state index contributed by atoms with van der Waals surface area (Å²) in [5.41, 5.74) is 9.85. The molecule has 0 bridgehead atoms. The van der Waals surface area contributed by atoms with E-state index in [0.717, 1.165) is 66.3 Å². The molecule has 0 radical (unpaired) electrons. The number of benzene rings is 3. The number of fused-ring (bicyclic) bond motifs is 3. The molecule has 1 aromatic heterocycles. The van der Waals surface area contributed by atoms with Gasteiger partial charge in [0, 0.05) is 56.9 Å². The Morgan fingerprint density at radius 3 is 2.08 bits per heavy atom. The Labute approximate surface area is 313 Å². The summed E-state index contributed by atoms with van der Waals surface area (Å²) < 4.78 is 2.07. The van der Waals surface area contributed by atoms with E-state index in [2.05, 4.69) is 66.4 Å². The monoisotopic (exact) mass is 890 g/mol. The molecular weight excluding hydrogens is 850 g/mol. The second kappa shape index (κ2) is 17.5. The summed E-state index contributed by atoms with van der Waals surface area (Å²) >= 11 is 4.38. The zero-order chi connectivity index (χ0) is 35.8. The number of nitrogens with zero attached hydrogens (tertiary/aromatic N) is 4. The van der Waals surface area contributed by atoms with Crippen LogP contribution >= 0.6 is 45.2 Å². The van der Waals surface area contributed by atoms with E-state index in [1.165, 1.54) is 0 Å². The molecule has 3 aromatic carbocycles. The standard InChI is InChI=1S/C18H16IN3O.C8H4INO2.C6H8O2.C4H12N2/c1-21(2)8-9-22-15-5-3-4-14-17(15)16(18(22)23)12-10-11(19)6-7-13(12)20-14;9-4-1-2-6-5(3-4)7(11)8(12)10-6;7-5-2-1-3-6(8)4-5;1-6(2)4-3-5/h3-7,10H,8-9H2,1-2H3;1-3H,(H,10,11,12);1-4H2;3-5H2,1-2H3. The van der Waals surface area contributed by atoms with Crippen molar-refractivity contribution in [2.24, 2.45) is 5.73 Å². The van der Waals surface area contributed by atoms with Crippen LogP contribution in [0.2, 0.25) is 0 Å². The molecule has 1 aliphatic carbocycles. The van der Waals surface area contributed by atoms with Crippen LogP contribution < -0.4 is 16.0 Å². The molecule has 4 aromatic rings. The largest absolute Gasteiger partial charge is 0.329 e. The third-order valence-corrected chi connectivity index (χ3v) is 9.16. The van der Waals surface area contributed by atoms with E-state index in [0.29, 0.717) is 30.6 Å². The van der Waals surface area contributed by atoms with E-state index in [1.54, 1.807) is 12.1 Å². The van der Waals surface area contributed by atoms with Crippen molar-refractivity contribution in [3.8, 4) is 0 Å². The number of amides is 2. The normalized spacial score (nSPS) is 14.7. The molecule has 258 valence electrons. The number of carbonyl (C=O) groups excluding carboxylic acids is 5. The summed E-state index contributed by atoms with van der Waals surface area (Å²) in [6.07, 6.45) is 2.20. The fourth-order valence-corrected chi connectivity index (χ4v) is 6.40. The van der Waals surface area contributed by atoms with Gasteiger partial charge in [0.1, 0.15) is 11.6 Å². The van der Waals surface area contributed by atoms with E-state index in [4.69, 9.17) is 10.7 Å². The van der Waals surface area contributed by atoms with Gasteiger partial charge in [-0.2, -0.15) is 0 Å². The minimum Gasteiger partial charge on any atom is -0.329 e. The van der Waals surface area contributed by atoms with Crippen LogP contribution in [-0.2, 0) is 14.4 Å². The van der Waals surface area contributed by atoms with Crippen molar-refractivity contribution in [2.75, 3.05) is 64.6 Å². The zero-order valence-electron chi connectivity index (χ0n) is 28.0. The molecule has 0 spiro atoms. The van der Waals surface area contributed by atoms with Crippen LogP contribution in [0.4, 0.5) is 11.4 Å². The Morgan fingerprint density at radius 2 is 1.49 bits per heavy atom. The summed E-state index contributed by atoms with van der Waals surface area (Å²) in [6, 6.07) is 17.4. The lowest BCUT2D eigenvalue weighted by Gasteiger charge is -2.20. The lowest BCUT2D eigenvalue weighted by molar-refractivity contribution is -0.129. The molecule has 2 amide bonds. The number of aromatic nitrogens is 1. The maximum absolute atomic E-state index is 13.1. The van der Waals surface area contributed by atoms with Gasteiger partial charge in [-0.3, -0.25) is 24.0 Å². The number of hydrogen-bond acceptors (Lipinski definition) is 9. The number of ketones is 3. The number of hydrogen-bond donors (Lipinski definition) is 2. The van der Waals surface area contributed by atoms with Crippen LogP contribution in [0.15, 0.2) is 54.6 Å². The van der Waals surface area contributed by atoms with Crippen molar-refractivity contribution >= 4 is 108 Å². The molecule has 2 aliphatic heterocycles. The van der Waals surface area contributed by atoms with Crippen LogP contribution in [0.5, 0.6) is 0 Å². The number of Topliss-reactive ketones (excluding diaryl/α,β-unsaturated/α-hetero) is 3. The number of halogens is 2. The number of likely N-dealkylation sites (N-methyl/N-ethyl adjacent to an activating group) is 2. The highest BCUT2D eigenvalue weighted by Crippen LogP contribution is 2.40. The summed E-state index contributed by atoms with van der Waals surface area (Å²) in [4.78, 5) is 66.8. The summed E-state index contributed by atoms with van der Waals surface area (Å²) in [7, 11) is 8.06. The Balaban J connectivity index is 0.000000173. The highest BCUT2D eigenvalue weighted by atomic mass is 127. The van der Waals surface area contributed by atoms with E-state index in [9.17, 15) is 24.0 Å². The Morgan fingerprint density at radius 1 is 0.837 bits per heavy atom. The van der Waals surface area contributed by atoms with Gasteiger partial charge < -0.3 is 25.8 Å². The first kappa shape index (κ1) is 38.4. The second-order valence-electron chi connectivity index (χ2n) is 12.3. The highest BCUT2D eigenvalue weighted by molar-refractivity contribution is 14.1. The van der Waals surface area contributed by atoms with Gasteiger partial charge in [-0.1, -0.05) is 6.07 Å². The van der Waals surface area contributed by atoms with E-state index in [1.807, 2.05) is 69.5 Å². The molecule has 0 unspecified atom stereocenters. The first-order valence-electron chi connectivity index (χ1n) is 15.8. The molecule has 1 saturated carbocycles. The molecule has 3 heterocycles. The average molecular weight is 891 g/mol. The first-order chi connectivity index (χ1) is 23.3. The van der Waals surface area contributed by atoms with E-state index < -0.39 is 11.7 Å². The third kappa shape index (κ3) is 9.87. The summed E-state index contributed by atoms with van der Waals surface area (Å²) in [5, 5.41) is 4.43. The van der Waals surface area contributed by atoms with Crippen molar-refractivity contribution in [1.29, 1.82) is 0 Å². The Hall–Kier alpha value is -3.38. The van der Waals surface area contributed by atoms with Gasteiger partial charge in [0.25, 0.3) is 17.6 Å². The number of nitrogens with two attached hydrogens (primary N) is 1. The molecule has 49 heavy (non-hydrogen) atoms. The second-order valence-corrected chi connectivity index (χ2v) is 14.7. The number of carbonyl (C=O) groups is 5. The van der Waals surface area contributed by atoms with Gasteiger partial charge in [0.05, 0.1) is 40.0 Å². The lowest BCUT2D eigenvalue weighted by Crippen LogP contribution is -2.34. The molecular formula is C36H40I2N6O5. The smallest absolute Gasteiger partial charge is 0.296 e. The van der Waals surface area contributed by atoms with Gasteiger partial charge in [-0.15, -0.1) is 0 Å². The van der Waals surface area contributed by atoms with Gasteiger partial charge in [-0.05, 0) is 128 Å². The molecule has 0 saturated heterocycles. The zero-order valence-corrected chi connectivity index (χ0v) is 32.3. The van der Waals surface area contributed by atoms with Crippen LogP contribution in [0.1, 0.15) is 46.4 Å². The molecule has 3 aliphatic rings. The number of rotatable bonds is 5. The molecule has 7 rings (SSSR count). The SMILES string of the molecule is CN(C)CCN.CN(C)CCN1C(=O)c2c3cc(I)ccc3nc3cccc1c23.O=C1CCCC(=O)C1.O=C1Nc2ccc(I)cc2C1=O. The molecule has 1 fully saturated rings. The third-order valence-electron chi connectivity index (χ3n) is 7.82. The summed E-state index contributed by atoms with van der Waals surface area (Å²) in [6.45, 7) is 3.26. The predicted octanol–water partition coefficient (Wildman–Crippen LogP) is 5.15. The average Bonchev–Trinajstić information content (AvgIpc) is 3.49. The van der Waals surface area contributed by atoms with Gasteiger partial charge in [0.15, 0.2) is 0 Å². The van der Waals surface area contributed by atoms with E-state index in [-0.39, 0.29) is 23.9 Å². The Bertz CT molecular complexity index is 1900. The maximum Gasteiger partial charge on any atom is 0.296 e. The molecule has 0 atom stereocenters. The molecule has 3 N–H and O–H groups in total. The van der Waals surface area contributed by atoms with E-state index >= 15 is 0 Å². The van der Waals surface area contributed by atoms with Gasteiger partial charge in [0.2, 0.25) is 0 Å². The fraction of sp³-hybridized carbons (Fsp3) is 0.333. The maximum atomic E-state index is 13.1. The van der Waals surface area contributed by atoms with Crippen molar-refractivity contribution in [3.63, 3.8) is 0 Å². The van der Waals surface area contributed by atoms with Gasteiger partial charge in [-0.25, -0.2) is 4.98 Å². The van der Waals surface area contributed by atoms with Crippen LogP contribution in [0, 0.1) is 7.14 Å². The molecule has 11 nitrogen and oxygen atoms in total. The lowest BCUT2D eigenvalue weighted by atomic mass is 9.98. The van der Waals surface area contributed by atoms with Crippen molar-refractivity contribution in [1.82, 2.24) is 14.8 Å². The number of nitrogens with one attached hydrogen (secondary N) is 1. The Kier molecular flexibility index (Phi) is 13.7. The topological polar surface area (TPSA) is 146 Å². The predicted molar refractivity (Wildman–Crippen MR) is 210 cm³/mol. The minimum absolute atomic E-state index is 0.0902. The van der Waals surface area contributed by atoms with Crippen LogP contribution in [0.3, 0.4) is 0 Å². The highest BCUT2D eigenvalue weighted by Gasteiger charge is 2.32. The first-order valence-corrected chi connectivity index (χ1v) is 18.0. The van der Waals surface area contributed by atoms with Crippen molar-refractivity contribution < 1.29 is 24.0 Å². The molecule has 13 heteroatoms.